The number of nitrogens with one attached hydrogen (secondary N) is 3. The van der Waals surface area contributed by atoms with Crippen LogP contribution in [0.1, 0.15) is 21.5 Å². The molecule has 0 saturated carbocycles. The highest BCUT2D eigenvalue weighted by molar-refractivity contribution is 6.31. The van der Waals surface area contributed by atoms with Gasteiger partial charge in [0.15, 0.2) is 0 Å². The third-order valence-corrected chi connectivity index (χ3v) is 5.29. The molecule has 0 spiro atoms. The Hall–Kier alpha value is -4.11. The second-order valence-corrected chi connectivity index (χ2v) is 7.89. The number of carbonyl (C=O) groups excluding carboxylic acids is 1. The highest BCUT2D eigenvalue weighted by atomic mass is 35.5. The number of aromatic nitrogens is 2. The number of anilines is 4. The molecule has 6 nitrogen and oxygen atoms in total. The molecule has 4 rings (SSSR count). The largest absolute Gasteiger partial charge is 0.416 e. The molecular weight excluding hydrogens is 479 g/mol. The van der Waals surface area contributed by atoms with E-state index in [9.17, 15) is 18.0 Å². The maximum Gasteiger partial charge on any atom is 0.416 e. The molecule has 0 aliphatic rings. The van der Waals surface area contributed by atoms with Crippen LogP contribution in [0.15, 0.2) is 85.2 Å². The lowest BCUT2D eigenvalue weighted by Gasteiger charge is -2.12. The fraction of sp³-hybridized carbons (Fsp3) is 0.0800. The third-order valence-electron chi connectivity index (χ3n) is 4.92. The van der Waals surface area contributed by atoms with Crippen LogP contribution >= 0.6 is 11.6 Å². The van der Waals surface area contributed by atoms with Gasteiger partial charge in [0, 0.05) is 28.5 Å². The number of para-hydroxylation sites is 1. The molecule has 178 valence electrons. The number of alkyl halides is 3. The molecule has 1 amide bonds. The van der Waals surface area contributed by atoms with Crippen LogP contribution in [0.3, 0.4) is 0 Å². The Labute approximate surface area is 204 Å². The van der Waals surface area contributed by atoms with Gasteiger partial charge in [-0.2, -0.15) is 13.2 Å². The number of halogens is 4. The molecule has 0 radical (unpaired) electrons. The molecule has 1 heterocycles. The fourth-order valence-corrected chi connectivity index (χ4v) is 3.34. The highest BCUT2D eigenvalue weighted by Gasteiger charge is 2.30. The molecule has 0 fully saturated rings. The summed E-state index contributed by atoms with van der Waals surface area (Å²) in [6, 6.07) is 18.6. The van der Waals surface area contributed by atoms with E-state index in [-0.39, 0.29) is 5.56 Å². The molecule has 0 unspecified atom stereocenters. The van der Waals surface area contributed by atoms with E-state index in [0.717, 1.165) is 17.8 Å². The third kappa shape index (κ3) is 6.48. The van der Waals surface area contributed by atoms with Crippen LogP contribution in [0.2, 0.25) is 5.02 Å². The predicted octanol–water partition coefficient (Wildman–Crippen LogP) is 6.76. The molecular formula is C25H19ClF3N5O. The number of hydrogen-bond donors (Lipinski definition) is 3. The van der Waals surface area contributed by atoms with Gasteiger partial charge in [-0.05, 0) is 54.1 Å². The summed E-state index contributed by atoms with van der Waals surface area (Å²) >= 11 is 6.28. The molecule has 4 aromatic rings. The number of hydrogen-bond acceptors (Lipinski definition) is 5. The first-order valence-corrected chi connectivity index (χ1v) is 10.8. The standard InChI is InChI=1S/C25H19ClF3N5O/c26-22-10-9-20(33-23(35)16-5-4-6-18(11-16)25(27,28)29)12-17(22)13-30-21-14-31-24(32-15-21)34-19-7-2-1-3-8-19/h1-12,14-15,30H,13H2,(H,33,35)(H,31,32,34). The van der Waals surface area contributed by atoms with E-state index in [0.29, 0.717) is 34.5 Å². The molecule has 0 aliphatic carbocycles. The zero-order valence-electron chi connectivity index (χ0n) is 18.1. The van der Waals surface area contributed by atoms with Crippen molar-refractivity contribution in [1.29, 1.82) is 0 Å². The van der Waals surface area contributed by atoms with Gasteiger partial charge in [0.2, 0.25) is 5.95 Å². The average molecular weight is 498 g/mol. The van der Waals surface area contributed by atoms with Gasteiger partial charge in [0.05, 0.1) is 23.6 Å². The summed E-state index contributed by atoms with van der Waals surface area (Å²) in [6.45, 7) is 0.306. The summed E-state index contributed by atoms with van der Waals surface area (Å²) in [5.74, 6) is -0.216. The van der Waals surface area contributed by atoms with Crippen LogP contribution in [-0.2, 0) is 12.7 Å². The molecule has 0 bridgehead atoms. The van der Waals surface area contributed by atoms with E-state index in [2.05, 4.69) is 25.9 Å². The van der Waals surface area contributed by atoms with Gasteiger partial charge in [-0.25, -0.2) is 9.97 Å². The number of nitrogens with zero attached hydrogens (tertiary/aromatic N) is 2. The summed E-state index contributed by atoms with van der Waals surface area (Å²) in [5, 5.41) is 9.31. The lowest BCUT2D eigenvalue weighted by molar-refractivity contribution is -0.137. The highest BCUT2D eigenvalue weighted by Crippen LogP contribution is 2.30. The maximum absolute atomic E-state index is 12.9. The van der Waals surface area contributed by atoms with Gasteiger partial charge < -0.3 is 16.0 Å². The number of carbonyl (C=O) groups is 1. The van der Waals surface area contributed by atoms with Crippen LogP contribution in [-0.4, -0.2) is 15.9 Å². The van der Waals surface area contributed by atoms with E-state index in [1.54, 1.807) is 30.6 Å². The molecule has 3 N–H and O–H groups in total. The number of amides is 1. The lowest BCUT2D eigenvalue weighted by atomic mass is 10.1. The normalized spacial score (nSPS) is 11.1. The minimum absolute atomic E-state index is 0.101. The Morgan fingerprint density at radius 2 is 1.60 bits per heavy atom. The molecule has 0 saturated heterocycles. The van der Waals surface area contributed by atoms with Gasteiger partial charge in [0.1, 0.15) is 0 Å². The van der Waals surface area contributed by atoms with Crippen molar-refractivity contribution in [2.24, 2.45) is 0 Å². The summed E-state index contributed by atoms with van der Waals surface area (Å²) < 4.78 is 38.8. The first kappa shape index (κ1) is 24.0. The second-order valence-electron chi connectivity index (χ2n) is 7.48. The van der Waals surface area contributed by atoms with Crippen molar-refractivity contribution in [2.45, 2.75) is 12.7 Å². The first-order chi connectivity index (χ1) is 16.8. The van der Waals surface area contributed by atoms with E-state index >= 15 is 0 Å². The zero-order chi connectivity index (χ0) is 24.8. The molecule has 0 atom stereocenters. The van der Waals surface area contributed by atoms with Crippen molar-refractivity contribution in [3.05, 3.63) is 107 Å². The van der Waals surface area contributed by atoms with Crippen molar-refractivity contribution in [3.8, 4) is 0 Å². The van der Waals surface area contributed by atoms with Crippen molar-refractivity contribution < 1.29 is 18.0 Å². The van der Waals surface area contributed by atoms with Gasteiger partial charge >= 0.3 is 6.18 Å². The molecule has 1 aromatic heterocycles. The second kappa shape index (κ2) is 10.4. The van der Waals surface area contributed by atoms with Crippen LogP contribution < -0.4 is 16.0 Å². The summed E-state index contributed by atoms with van der Waals surface area (Å²) in [7, 11) is 0. The average Bonchev–Trinajstić information content (AvgIpc) is 2.85. The quantitative estimate of drug-likeness (QED) is 0.263. The monoisotopic (exact) mass is 497 g/mol. The van der Waals surface area contributed by atoms with Gasteiger partial charge in [-0.1, -0.05) is 35.9 Å². The predicted molar refractivity (Wildman–Crippen MR) is 130 cm³/mol. The van der Waals surface area contributed by atoms with Crippen molar-refractivity contribution in [2.75, 3.05) is 16.0 Å². The van der Waals surface area contributed by atoms with Crippen LogP contribution in [0.4, 0.5) is 36.2 Å². The minimum Gasteiger partial charge on any atom is -0.378 e. The van der Waals surface area contributed by atoms with Crippen LogP contribution in [0.25, 0.3) is 0 Å². The van der Waals surface area contributed by atoms with Crippen molar-refractivity contribution in [1.82, 2.24) is 9.97 Å². The summed E-state index contributed by atoms with van der Waals surface area (Å²) in [6.07, 6.45) is -1.30. The smallest absolute Gasteiger partial charge is 0.378 e. The van der Waals surface area contributed by atoms with Gasteiger partial charge in [-0.3, -0.25) is 4.79 Å². The van der Waals surface area contributed by atoms with Gasteiger partial charge in [-0.15, -0.1) is 0 Å². The lowest BCUT2D eigenvalue weighted by Crippen LogP contribution is -2.14. The molecule has 35 heavy (non-hydrogen) atoms. The van der Waals surface area contributed by atoms with Crippen LogP contribution in [0.5, 0.6) is 0 Å². The van der Waals surface area contributed by atoms with E-state index in [1.165, 1.54) is 12.1 Å². The number of rotatable bonds is 7. The van der Waals surface area contributed by atoms with Crippen molar-refractivity contribution >= 4 is 40.5 Å². The Kier molecular flexibility index (Phi) is 7.17. The Balaban J connectivity index is 1.39. The SMILES string of the molecule is O=C(Nc1ccc(Cl)c(CNc2cnc(Nc3ccccc3)nc2)c1)c1cccc(C(F)(F)F)c1. The fourth-order valence-electron chi connectivity index (χ4n) is 3.16. The number of benzene rings is 3. The molecule has 3 aromatic carbocycles. The Morgan fingerprint density at radius 3 is 2.31 bits per heavy atom. The van der Waals surface area contributed by atoms with E-state index in [4.69, 9.17) is 11.6 Å². The molecule has 0 aliphatic heterocycles. The van der Waals surface area contributed by atoms with E-state index < -0.39 is 17.6 Å². The Bertz CT molecular complexity index is 1310. The van der Waals surface area contributed by atoms with Gasteiger partial charge in [0.25, 0.3) is 5.91 Å². The minimum atomic E-state index is -4.53. The summed E-state index contributed by atoms with van der Waals surface area (Å²) in [5.41, 5.74) is 1.59. The zero-order valence-corrected chi connectivity index (χ0v) is 18.9. The Morgan fingerprint density at radius 1 is 0.857 bits per heavy atom. The first-order valence-electron chi connectivity index (χ1n) is 10.4. The molecule has 10 heteroatoms. The topological polar surface area (TPSA) is 78.9 Å². The summed E-state index contributed by atoms with van der Waals surface area (Å²) in [4.78, 5) is 21.0. The van der Waals surface area contributed by atoms with Crippen molar-refractivity contribution in [3.63, 3.8) is 0 Å². The van der Waals surface area contributed by atoms with E-state index in [1.807, 2.05) is 30.3 Å². The maximum atomic E-state index is 12.9. The van der Waals surface area contributed by atoms with Crippen LogP contribution in [0, 0.1) is 0 Å².